The van der Waals surface area contributed by atoms with Gasteiger partial charge in [-0.2, -0.15) is 5.10 Å². The summed E-state index contributed by atoms with van der Waals surface area (Å²) in [6.45, 7) is 0.113. The van der Waals surface area contributed by atoms with Gasteiger partial charge in [-0.1, -0.05) is 48.5 Å². The van der Waals surface area contributed by atoms with E-state index in [9.17, 15) is 8.78 Å². The molecule has 0 atom stereocenters. The molecule has 4 rings (SSSR count). The Morgan fingerprint density at radius 2 is 1.87 bits per heavy atom. The predicted molar refractivity (Wildman–Crippen MR) is 116 cm³/mol. The summed E-state index contributed by atoms with van der Waals surface area (Å²) >= 11 is 1.47. The largest absolute Gasteiger partial charge is 0.486 e. The molecule has 0 saturated carbocycles. The summed E-state index contributed by atoms with van der Waals surface area (Å²) in [6.07, 6.45) is 1.66. The third kappa shape index (κ3) is 5.07. The Kier molecular flexibility index (Phi) is 6.10. The van der Waals surface area contributed by atoms with Crippen molar-refractivity contribution >= 4 is 22.7 Å². The van der Waals surface area contributed by atoms with Crippen molar-refractivity contribution in [2.24, 2.45) is 5.10 Å². The number of thiazole rings is 1. The first-order valence-electron chi connectivity index (χ1n) is 9.14. The molecular formula is C23H17F2N3OS. The zero-order valence-corrected chi connectivity index (χ0v) is 16.6. The molecule has 0 saturated heterocycles. The Balaban J connectivity index is 1.37. The molecule has 0 aliphatic rings. The molecule has 4 aromatic rings. The molecule has 30 heavy (non-hydrogen) atoms. The summed E-state index contributed by atoms with van der Waals surface area (Å²) in [5.41, 5.74) is 6.51. The number of anilines is 1. The number of nitrogens with one attached hydrogen (secondary N) is 1. The molecular weight excluding hydrogens is 404 g/mol. The third-order valence-corrected chi connectivity index (χ3v) is 4.93. The standard InChI is InChI=1S/C23H17F2N3OS/c24-19-9-10-20(25)22(12-19)29-14-17-6-4-5-16(11-17)13-26-28-23-27-21(15-30-23)18-7-2-1-3-8-18/h1-13,15H,14H2,(H,27,28). The maximum absolute atomic E-state index is 13.7. The van der Waals surface area contributed by atoms with Crippen LogP contribution in [0.1, 0.15) is 11.1 Å². The highest BCUT2D eigenvalue weighted by molar-refractivity contribution is 7.14. The lowest BCUT2D eigenvalue weighted by Gasteiger charge is -2.08. The predicted octanol–water partition coefficient (Wildman–Crippen LogP) is 6.11. The Morgan fingerprint density at radius 1 is 1.00 bits per heavy atom. The lowest BCUT2D eigenvalue weighted by Crippen LogP contribution is -1.99. The fourth-order valence-electron chi connectivity index (χ4n) is 2.74. The van der Waals surface area contributed by atoms with Gasteiger partial charge in [0.25, 0.3) is 0 Å². The molecule has 0 aliphatic carbocycles. The van der Waals surface area contributed by atoms with Crippen LogP contribution in [0.2, 0.25) is 0 Å². The first kappa shape index (κ1) is 19.7. The van der Waals surface area contributed by atoms with Crippen LogP contribution in [0, 0.1) is 11.6 Å². The molecule has 0 aliphatic heterocycles. The number of ether oxygens (including phenoxy) is 1. The van der Waals surface area contributed by atoms with Crippen LogP contribution in [0.25, 0.3) is 11.3 Å². The SMILES string of the molecule is Fc1ccc(F)c(OCc2cccc(C=NNc3nc(-c4ccccc4)cs3)c2)c1. The van der Waals surface area contributed by atoms with Crippen molar-refractivity contribution in [3.05, 3.63) is 101 Å². The van der Waals surface area contributed by atoms with Crippen molar-refractivity contribution in [1.29, 1.82) is 0 Å². The van der Waals surface area contributed by atoms with Crippen LogP contribution in [0.3, 0.4) is 0 Å². The normalized spacial score (nSPS) is 11.0. The lowest BCUT2D eigenvalue weighted by atomic mass is 10.1. The second kappa shape index (κ2) is 9.28. The summed E-state index contributed by atoms with van der Waals surface area (Å²) in [5, 5.41) is 6.88. The Bertz CT molecular complexity index is 1160. The highest BCUT2D eigenvalue weighted by atomic mass is 32.1. The molecule has 7 heteroatoms. The lowest BCUT2D eigenvalue weighted by molar-refractivity contribution is 0.288. The molecule has 0 fully saturated rings. The van der Waals surface area contributed by atoms with Crippen molar-refractivity contribution in [2.45, 2.75) is 6.61 Å². The molecule has 150 valence electrons. The summed E-state index contributed by atoms with van der Waals surface area (Å²) < 4.78 is 32.3. The van der Waals surface area contributed by atoms with Crippen LogP contribution in [0.15, 0.2) is 83.3 Å². The maximum atomic E-state index is 13.7. The van der Waals surface area contributed by atoms with E-state index in [0.717, 1.165) is 40.6 Å². The van der Waals surface area contributed by atoms with Crippen LogP contribution in [-0.2, 0) is 6.61 Å². The van der Waals surface area contributed by atoms with E-state index < -0.39 is 11.6 Å². The number of rotatable bonds is 7. The van der Waals surface area contributed by atoms with Gasteiger partial charge in [-0.15, -0.1) is 11.3 Å². The van der Waals surface area contributed by atoms with Crippen molar-refractivity contribution in [3.8, 4) is 17.0 Å². The summed E-state index contributed by atoms with van der Waals surface area (Å²) in [4.78, 5) is 4.52. The van der Waals surface area contributed by atoms with Gasteiger partial charge in [0, 0.05) is 17.0 Å². The fraction of sp³-hybridized carbons (Fsp3) is 0.0435. The Labute approximate surface area is 176 Å². The number of halogens is 2. The van der Waals surface area contributed by atoms with E-state index >= 15 is 0 Å². The molecule has 1 N–H and O–H groups in total. The second-order valence-electron chi connectivity index (χ2n) is 6.38. The minimum Gasteiger partial charge on any atom is -0.486 e. The van der Waals surface area contributed by atoms with E-state index in [4.69, 9.17) is 4.74 Å². The molecule has 0 radical (unpaired) electrons. The molecule has 3 aromatic carbocycles. The maximum Gasteiger partial charge on any atom is 0.203 e. The van der Waals surface area contributed by atoms with Crippen molar-refractivity contribution < 1.29 is 13.5 Å². The molecule has 4 nitrogen and oxygen atoms in total. The summed E-state index contributed by atoms with van der Waals surface area (Å²) in [7, 11) is 0. The smallest absolute Gasteiger partial charge is 0.203 e. The van der Waals surface area contributed by atoms with Crippen molar-refractivity contribution in [2.75, 3.05) is 5.43 Å². The first-order chi connectivity index (χ1) is 14.7. The average molecular weight is 421 g/mol. The third-order valence-electron chi connectivity index (χ3n) is 4.19. The van der Waals surface area contributed by atoms with Gasteiger partial charge < -0.3 is 4.74 Å². The van der Waals surface area contributed by atoms with Gasteiger partial charge in [0.15, 0.2) is 11.6 Å². The van der Waals surface area contributed by atoms with E-state index in [1.165, 1.54) is 11.3 Å². The summed E-state index contributed by atoms with van der Waals surface area (Å²) in [6, 6.07) is 20.5. The number of hydrazone groups is 1. The van der Waals surface area contributed by atoms with Crippen molar-refractivity contribution in [3.63, 3.8) is 0 Å². The topological polar surface area (TPSA) is 46.5 Å². The van der Waals surface area contributed by atoms with Crippen LogP contribution < -0.4 is 10.2 Å². The monoisotopic (exact) mass is 421 g/mol. The minimum atomic E-state index is -0.600. The molecule has 0 amide bonds. The number of aromatic nitrogens is 1. The number of nitrogens with zero attached hydrogens (tertiary/aromatic N) is 2. The summed E-state index contributed by atoms with van der Waals surface area (Å²) in [5.74, 6) is -1.26. The van der Waals surface area contributed by atoms with Gasteiger partial charge in [-0.25, -0.2) is 13.8 Å². The molecule has 0 spiro atoms. The van der Waals surface area contributed by atoms with Gasteiger partial charge in [0.05, 0.1) is 11.9 Å². The van der Waals surface area contributed by atoms with Gasteiger partial charge in [-0.05, 0) is 29.3 Å². The highest BCUT2D eigenvalue weighted by Gasteiger charge is 2.06. The number of hydrogen-bond acceptors (Lipinski definition) is 5. The van der Waals surface area contributed by atoms with E-state index in [2.05, 4.69) is 15.5 Å². The zero-order chi connectivity index (χ0) is 20.8. The van der Waals surface area contributed by atoms with Gasteiger partial charge in [-0.3, -0.25) is 5.43 Å². The number of benzene rings is 3. The molecule has 0 bridgehead atoms. The van der Waals surface area contributed by atoms with Gasteiger partial charge in [0.2, 0.25) is 5.13 Å². The van der Waals surface area contributed by atoms with Gasteiger partial charge >= 0.3 is 0 Å². The quantitative estimate of drug-likeness (QED) is 0.289. The Hall–Kier alpha value is -3.58. The number of hydrogen-bond donors (Lipinski definition) is 1. The molecule has 1 aromatic heterocycles. The van der Waals surface area contributed by atoms with Crippen LogP contribution >= 0.6 is 11.3 Å². The Morgan fingerprint density at radius 3 is 2.73 bits per heavy atom. The highest BCUT2D eigenvalue weighted by Crippen LogP contribution is 2.24. The molecule has 0 unspecified atom stereocenters. The molecule has 1 heterocycles. The minimum absolute atomic E-state index is 0.113. The van der Waals surface area contributed by atoms with E-state index in [0.29, 0.717) is 5.13 Å². The van der Waals surface area contributed by atoms with E-state index in [1.807, 2.05) is 60.0 Å². The fourth-order valence-corrected chi connectivity index (χ4v) is 3.41. The first-order valence-corrected chi connectivity index (χ1v) is 10.0. The van der Waals surface area contributed by atoms with Crippen LogP contribution in [0.5, 0.6) is 5.75 Å². The van der Waals surface area contributed by atoms with E-state index in [1.54, 1.807) is 6.21 Å². The van der Waals surface area contributed by atoms with Crippen LogP contribution in [0.4, 0.5) is 13.9 Å². The van der Waals surface area contributed by atoms with Crippen LogP contribution in [-0.4, -0.2) is 11.2 Å². The zero-order valence-electron chi connectivity index (χ0n) is 15.8. The van der Waals surface area contributed by atoms with Crippen molar-refractivity contribution in [1.82, 2.24) is 4.98 Å². The average Bonchev–Trinajstić information content (AvgIpc) is 3.24. The van der Waals surface area contributed by atoms with E-state index in [-0.39, 0.29) is 12.4 Å². The van der Waals surface area contributed by atoms with Gasteiger partial charge in [0.1, 0.15) is 12.4 Å². The second-order valence-corrected chi connectivity index (χ2v) is 7.24.